The van der Waals surface area contributed by atoms with E-state index in [2.05, 4.69) is 36.1 Å². The quantitative estimate of drug-likeness (QED) is 0.808. The number of hydrogen-bond donors (Lipinski definition) is 1. The molecule has 1 N–H and O–H groups in total. The first-order valence-corrected chi connectivity index (χ1v) is 7.84. The molecule has 0 aromatic rings. The van der Waals surface area contributed by atoms with Crippen molar-refractivity contribution in [2.45, 2.75) is 63.6 Å². The maximum atomic E-state index is 3.72. The minimum absolute atomic E-state index is 0.780. The Morgan fingerprint density at radius 3 is 2.72 bits per heavy atom. The molecule has 2 aliphatic rings. The zero-order chi connectivity index (χ0) is 13.0. The van der Waals surface area contributed by atoms with E-state index in [0.29, 0.717) is 0 Å². The predicted molar refractivity (Wildman–Crippen MR) is 78.0 cm³/mol. The Kier molecular flexibility index (Phi) is 5.46. The molecule has 3 unspecified atom stereocenters. The maximum absolute atomic E-state index is 3.72. The van der Waals surface area contributed by atoms with Crippen LogP contribution in [0.1, 0.15) is 45.4 Å². The van der Waals surface area contributed by atoms with Gasteiger partial charge in [0.15, 0.2) is 0 Å². The monoisotopic (exact) mass is 253 g/mol. The fourth-order valence-electron chi connectivity index (χ4n) is 3.55. The number of likely N-dealkylation sites (tertiary alicyclic amines) is 1. The molecule has 18 heavy (non-hydrogen) atoms. The molecule has 106 valence electrons. The molecule has 2 rings (SSSR count). The molecule has 0 aromatic heterocycles. The minimum atomic E-state index is 0.780. The zero-order valence-electron chi connectivity index (χ0n) is 12.5. The maximum Gasteiger partial charge on any atom is 0.0229 e. The zero-order valence-corrected chi connectivity index (χ0v) is 12.5. The Balaban J connectivity index is 1.78. The topological polar surface area (TPSA) is 18.5 Å². The molecule has 3 nitrogen and oxygen atoms in total. The second kappa shape index (κ2) is 6.88. The number of rotatable bonds is 5. The third-order valence-electron chi connectivity index (χ3n) is 4.77. The summed E-state index contributed by atoms with van der Waals surface area (Å²) in [6.07, 6.45) is 8.21. The first kappa shape index (κ1) is 14.3. The van der Waals surface area contributed by atoms with Gasteiger partial charge in [-0.15, -0.1) is 0 Å². The van der Waals surface area contributed by atoms with E-state index in [4.69, 9.17) is 0 Å². The second-order valence-corrected chi connectivity index (χ2v) is 6.37. The average Bonchev–Trinajstić information content (AvgIpc) is 2.86. The Hall–Kier alpha value is -0.120. The van der Waals surface area contributed by atoms with Crippen molar-refractivity contribution in [2.24, 2.45) is 0 Å². The van der Waals surface area contributed by atoms with E-state index in [-0.39, 0.29) is 0 Å². The van der Waals surface area contributed by atoms with Gasteiger partial charge in [-0.1, -0.05) is 13.3 Å². The van der Waals surface area contributed by atoms with Crippen LogP contribution in [0.25, 0.3) is 0 Å². The predicted octanol–water partition coefficient (Wildman–Crippen LogP) is 1.93. The lowest BCUT2D eigenvalue weighted by Crippen LogP contribution is -2.44. The first-order chi connectivity index (χ1) is 8.70. The van der Waals surface area contributed by atoms with E-state index in [9.17, 15) is 0 Å². The third-order valence-corrected chi connectivity index (χ3v) is 4.77. The molecule has 0 aromatic carbocycles. The van der Waals surface area contributed by atoms with Crippen LogP contribution in [-0.4, -0.2) is 61.7 Å². The standard InChI is InChI=1S/C15H31N3/c1-4-9-16-13-6-5-7-14(11-13)18-10-8-15(12-18)17(2)3/h13-16H,4-12H2,1-3H3. The molecule has 2 fully saturated rings. The third kappa shape index (κ3) is 3.69. The van der Waals surface area contributed by atoms with Gasteiger partial charge < -0.3 is 10.2 Å². The fourth-order valence-corrected chi connectivity index (χ4v) is 3.55. The van der Waals surface area contributed by atoms with Crippen molar-refractivity contribution >= 4 is 0 Å². The van der Waals surface area contributed by atoms with Gasteiger partial charge in [0.1, 0.15) is 0 Å². The molecule has 3 heteroatoms. The Labute approximate surface area is 113 Å². The van der Waals surface area contributed by atoms with Crippen molar-refractivity contribution in [1.29, 1.82) is 0 Å². The summed E-state index contributed by atoms with van der Waals surface area (Å²) in [5.74, 6) is 0. The Morgan fingerprint density at radius 1 is 1.22 bits per heavy atom. The average molecular weight is 253 g/mol. The number of nitrogens with one attached hydrogen (secondary N) is 1. The van der Waals surface area contributed by atoms with E-state index >= 15 is 0 Å². The molecule has 1 saturated carbocycles. The van der Waals surface area contributed by atoms with Crippen molar-refractivity contribution in [3.05, 3.63) is 0 Å². The van der Waals surface area contributed by atoms with E-state index in [1.54, 1.807) is 0 Å². The van der Waals surface area contributed by atoms with Crippen LogP contribution in [0, 0.1) is 0 Å². The molecular formula is C15H31N3. The SMILES string of the molecule is CCCNC1CCCC(N2CCC(N(C)C)C2)C1. The van der Waals surface area contributed by atoms with Gasteiger partial charge in [0.05, 0.1) is 0 Å². The normalized spacial score (nSPS) is 34.3. The van der Waals surface area contributed by atoms with Gasteiger partial charge in [0, 0.05) is 31.2 Å². The summed E-state index contributed by atoms with van der Waals surface area (Å²) < 4.78 is 0. The van der Waals surface area contributed by atoms with Crippen molar-refractivity contribution in [2.75, 3.05) is 33.7 Å². The molecule has 1 saturated heterocycles. The van der Waals surface area contributed by atoms with Crippen molar-refractivity contribution in [1.82, 2.24) is 15.1 Å². The molecule has 1 heterocycles. The Morgan fingerprint density at radius 2 is 2.06 bits per heavy atom. The summed E-state index contributed by atoms with van der Waals surface area (Å²) in [5, 5.41) is 3.72. The highest BCUT2D eigenvalue weighted by atomic mass is 15.2. The van der Waals surface area contributed by atoms with Crippen LogP contribution in [0.5, 0.6) is 0 Å². The highest BCUT2D eigenvalue weighted by Gasteiger charge is 2.32. The van der Waals surface area contributed by atoms with Crippen molar-refractivity contribution < 1.29 is 0 Å². The van der Waals surface area contributed by atoms with Crippen LogP contribution < -0.4 is 5.32 Å². The summed E-state index contributed by atoms with van der Waals surface area (Å²) in [4.78, 5) is 5.15. The van der Waals surface area contributed by atoms with Gasteiger partial charge in [-0.2, -0.15) is 0 Å². The summed E-state index contributed by atoms with van der Waals surface area (Å²) in [5.41, 5.74) is 0. The van der Waals surface area contributed by atoms with Crippen LogP contribution in [0.3, 0.4) is 0 Å². The summed E-state index contributed by atoms with van der Waals surface area (Å²) in [7, 11) is 4.45. The van der Waals surface area contributed by atoms with Gasteiger partial charge in [-0.3, -0.25) is 4.90 Å². The van der Waals surface area contributed by atoms with E-state index in [1.807, 2.05) is 0 Å². The molecular weight excluding hydrogens is 222 g/mol. The Bertz CT molecular complexity index is 242. The lowest BCUT2D eigenvalue weighted by atomic mass is 9.90. The number of nitrogens with zero attached hydrogens (tertiary/aromatic N) is 2. The largest absolute Gasteiger partial charge is 0.314 e. The van der Waals surface area contributed by atoms with Gasteiger partial charge in [-0.25, -0.2) is 0 Å². The number of likely N-dealkylation sites (N-methyl/N-ethyl adjacent to an activating group) is 1. The molecule has 1 aliphatic carbocycles. The summed E-state index contributed by atoms with van der Waals surface area (Å²) in [6, 6.07) is 2.41. The second-order valence-electron chi connectivity index (χ2n) is 6.37. The molecule has 0 radical (unpaired) electrons. The van der Waals surface area contributed by atoms with Crippen LogP contribution >= 0.6 is 0 Å². The molecule has 0 amide bonds. The van der Waals surface area contributed by atoms with Gasteiger partial charge in [0.2, 0.25) is 0 Å². The highest BCUT2D eigenvalue weighted by Crippen LogP contribution is 2.27. The van der Waals surface area contributed by atoms with Crippen LogP contribution in [-0.2, 0) is 0 Å². The van der Waals surface area contributed by atoms with Crippen LogP contribution in [0.2, 0.25) is 0 Å². The van der Waals surface area contributed by atoms with Gasteiger partial charge in [-0.05, 0) is 52.7 Å². The van der Waals surface area contributed by atoms with Crippen LogP contribution in [0.15, 0.2) is 0 Å². The first-order valence-electron chi connectivity index (χ1n) is 7.84. The van der Waals surface area contributed by atoms with E-state index < -0.39 is 0 Å². The summed E-state index contributed by atoms with van der Waals surface area (Å²) in [6.45, 7) is 6.05. The number of hydrogen-bond acceptors (Lipinski definition) is 3. The van der Waals surface area contributed by atoms with Crippen LogP contribution in [0.4, 0.5) is 0 Å². The van der Waals surface area contributed by atoms with E-state index in [1.165, 1.54) is 58.2 Å². The van der Waals surface area contributed by atoms with Gasteiger partial charge >= 0.3 is 0 Å². The lowest BCUT2D eigenvalue weighted by Gasteiger charge is -2.36. The molecule has 1 aliphatic heterocycles. The molecule has 3 atom stereocenters. The highest BCUT2D eigenvalue weighted by molar-refractivity contribution is 4.89. The van der Waals surface area contributed by atoms with E-state index in [0.717, 1.165) is 18.1 Å². The van der Waals surface area contributed by atoms with Crippen molar-refractivity contribution in [3.8, 4) is 0 Å². The van der Waals surface area contributed by atoms with Gasteiger partial charge in [0.25, 0.3) is 0 Å². The van der Waals surface area contributed by atoms with Crippen molar-refractivity contribution in [3.63, 3.8) is 0 Å². The molecule has 0 bridgehead atoms. The minimum Gasteiger partial charge on any atom is -0.314 e. The molecule has 0 spiro atoms. The smallest absolute Gasteiger partial charge is 0.0229 e. The lowest BCUT2D eigenvalue weighted by molar-refractivity contribution is 0.157. The summed E-state index contributed by atoms with van der Waals surface area (Å²) >= 11 is 0. The fraction of sp³-hybridized carbons (Fsp3) is 1.00.